The molecular formula is C16H23BrN4. The quantitative estimate of drug-likeness (QED) is 0.903. The van der Waals surface area contributed by atoms with Crippen molar-refractivity contribution in [3.8, 4) is 0 Å². The first kappa shape index (κ1) is 15.0. The molecule has 0 radical (unpaired) electrons. The van der Waals surface area contributed by atoms with Gasteiger partial charge in [0, 0.05) is 36.9 Å². The predicted molar refractivity (Wildman–Crippen MR) is 89.5 cm³/mol. The maximum atomic E-state index is 4.76. The van der Waals surface area contributed by atoms with Gasteiger partial charge in [-0.3, -0.25) is 9.30 Å². The van der Waals surface area contributed by atoms with Crippen LogP contribution in [0.25, 0.3) is 5.65 Å². The molecular weight excluding hydrogens is 328 g/mol. The second-order valence-electron chi connectivity index (χ2n) is 7.32. The molecule has 5 heteroatoms. The average molecular weight is 351 g/mol. The highest BCUT2D eigenvalue weighted by Crippen LogP contribution is 2.25. The van der Waals surface area contributed by atoms with Gasteiger partial charge in [-0.1, -0.05) is 6.07 Å². The summed E-state index contributed by atoms with van der Waals surface area (Å²) in [6, 6.07) is 6.09. The molecule has 4 nitrogen and oxygen atoms in total. The van der Waals surface area contributed by atoms with Crippen molar-refractivity contribution < 1.29 is 0 Å². The molecule has 0 amide bonds. The summed E-state index contributed by atoms with van der Waals surface area (Å²) in [5, 5.41) is 3.71. The van der Waals surface area contributed by atoms with E-state index in [2.05, 4.69) is 58.2 Å². The van der Waals surface area contributed by atoms with E-state index in [-0.39, 0.29) is 11.1 Å². The maximum Gasteiger partial charge on any atom is 0.137 e. The summed E-state index contributed by atoms with van der Waals surface area (Å²) in [4.78, 5) is 7.25. The number of pyridine rings is 1. The van der Waals surface area contributed by atoms with Gasteiger partial charge in [-0.15, -0.1) is 0 Å². The van der Waals surface area contributed by atoms with E-state index in [0.29, 0.717) is 0 Å². The third kappa shape index (κ3) is 3.15. The molecule has 1 aliphatic rings. The molecule has 1 N–H and O–H groups in total. The Morgan fingerprint density at radius 1 is 1.19 bits per heavy atom. The molecule has 1 aliphatic heterocycles. The predicted octanol–water partition coefficient (Wildman–Crippen LogP) is 3.06. The van der Waals surface area contributed by atoms with Crippen molar-refractivity contribution in [2.75, 3.05) is 13.1 Å². The van der Waals surface area contributed by atoms with Crippen LogP contribution in [0.5, 0.6) is 0 Å². The SMILES string of the molecule is CC1(C)CN(Cc2nc3ccccn3c2Br)CC(C)(C)N1. The van der Waals surface area contributed by atoms with Crippen molar-refractivity contribution in [1.29, 1.82) is 0 Å². The Labute approximate surface area is 134 Å². The molecule has 3 heterocycles. The lowest BCUT2D eigenvalue weighted by Crippen LogP contribution is -2.66. The van der Waals surface area contributed by atoms with Crippen molar-refractivity contribution >= 4 is 21.6 Å². The van der Waals surface area contributed by atoms with Gasteiger partial charge in [0.15, 0.2) is 0 Å². The lowest BCUT2D eigenvalue weighted by Gasteiger charge is -2.48. The number of aromatic nitrogens is 2. The van der Waals surface area contributed by atoms with Gasteiger partial charge in [-0.2, -0.15) is 0 Å². The van der Waals surface area contributed by atoms with Gasteiger partial charge < -0.3 is 5.32 Å². The number of piperazine rings is 1. The highest BCUT2D eigenvalue weighted by molar-refractivity contribution is 9.10. The Hall–Kier alpha value is -0.910. The van der Waals surface area contributed by atoms with Gasteiger partial charge >= 0.3 is 0 Å². The minimum absolute atomic E-state index is 0.118. The van der Waals surface area contributed by atoms with Crippen LogP contribution < -0.4 is 5.32 Å². The zero-order valence-corrected chi connectivity index (χ0v) is 14.7. The van der Waals surface area contributed by atoms with Crippen LogP contribution in [-0.2, 0) is 6.54 Å². The van der Waals surface area contributed by atoms with Crippen LogP contribution in [0.1, 0.15) is 33.4 Å². The van der Waals surface area contributed by atoms with Gasteiger partial charge in [-0.25, -0.2) is 4.98 Å². The molecule has 0 aromatic carbocycles. The van der Waals surface area contributed by atoms with E-state index in [1.807, 2.05) is 24.4 Å². The van der Waals surface area contributed by atoms with Crippen LogP contribution in [0.15, 0.2) is 29.0 Å². The summed E-state index contributed by atoms with van der Waals surface area (Å²) < 4.78 is 3.15. The fourth-order valence-electron chi connectivity index (χ4n) is 3.61. The molecule has 2 aromatic rings. The minimum Gasteiger partial charge on any atom is -0.304 e. The number of hydrogen-bond acceptors (Lipinski definition) is 3. The molecule has 3 rings (SSSR count). The maximum absolute atomic E-state index is 4.76. The Kier molecular flexibility index (Phi) is 3.62. The number of imidazole rings is 1. The number of halogens is 1. The zero-order valence-electron chi connectivity index (χ0n) is 13.2. The normalized spacial score (nSPS) is 21.8. The standard InChI is InChI=1S/C16H23BrN4/c1-15(2)10-20(11-16(3,4)19-15)9-12-14(17)21-8-6-5-7-13(21)18-12/h5-8,19H,9-11H2,1-4H3. The van der Waals surface area contributed by atoms with Crippen LogP contribution in [0.2, 0.25) is 0 Å². The second kappa shape index (κ2) is 5.07. The first-order valence-corrected chi connectivity index (χ1v) is 8.18. The first-order chi connectivity index (χ1) is 9.76. The van der Waals surface area contributed by atoms with E-state index in [9.17, 15) is 0 Å². The summed E-state index contributed by atoms with van der Waals surface area (Å²) in [7, 11) is 0. The van der Waals surface area contributed by atoms with Gasteiger partial charge in [0.25, 0.3) is 0 Å². The summed E-state index contributed by atoms with van der Waals surface area (Å²) in [5.74, 6) is 0. The summed E-state index contributed by atoms with van der Waals surface area (Å²) in [6.45, 7) is 12.0. The van der Waals surface area contributed by atoms with Crippen molar-refractivity contribution in [2.45, 2.75) is 45.3 Å². The molecule has 1 saturated heterocycles. The van der Waals surface area contributed by atoms with Crippen molar-refractivity contribution in [3.05, 3.63) is 34.7 Å². The van der Waals surface area contributed by atoms with Gasteiger partial charge in [-0.05, 0) is 55.8 Å². The number of nitrogens with zero attached hydrogens (tertiary/aromatic N) is 3. The van der Waals surface area contributed by atoms with Crippen LogP contribution in [0.3, 0.4) is 0 Å². The van der Waals surface area contributed by atoms with E-state index in [1.54, 1.807) is 0 Å². The summed E-state index contributed by atoms with van der Waals surface area (Å²) in [5.41, 5.74) is 2.34. The van der Waals surface area contributed by atoms with Crippen molar-refractivity contribution in [3.63, 3.8) is 0 Å². The third-order valence-corrected chi connectivity index (χ3v) is 4.67. The van der Waals surface area contributed by atoms with Crippen LogP contribution in [0, 0.1) is 0 Å². The van der Waals surface area contributed by atoms with E-state index >= 15 is 0 Å². The number of rotatable bonds is 2. The number of fused-ring (bicyclic) bond motifs is 1. The molecule has 0 spiro atoms. The fourth-order valence-corrected chi connectivity index (χ4v) is 4.12. The zero-order chi connectivity index (χ0) is 15.3. The van der Waals surface area contributed by atoms with Gasteiger partial charge in [0.05, 0.1) is 5.69 Å². The van der Waals surface area contributed by atoms with Crippen LogP contribution in [0.4, 0.5) is 0 Å². The monoisotopic (exact) mass is 350 g/mol. The van der Waals surface area contributed by atoms with Gasteiger partial charge in [0.2, 0.25) is 0 Å². The molecule has 0 unspecified atom stereocenters. The Morgan fingerprint density at radius 3 is 2.48 bits per heavy atom. The van der Waals surface area contributed by atoms with E-state index in [4.69, 9.17) is 4.98 Å². The molecule has 21 heavy (non-hydrogen) atoms. The van der Waals surface area contributed by atoms with E-state index < -0.39 is 0 Å². The Morgan fingerprint density at radius 2 is 1.86 bits per heavy atom. The molecule has 0 bridgehead atoms. The van der Waals surface area contributed by atoms with Crippen LogP contribution >= 0.6 is 15.9 Å². The molecule has 114 valence electrons. The smallest absolute Gasteiger partial charge is 0.137 e. The van der Waals surface area contributed by atoms with Gasteiger partial charge in [0.1, 0.15) is 10.3 Å². The lowest BCUT2D eigenvalue weighted by atomic mass is 9.91. The summed E-state index contributed by atoms with van der Waals surface area (Å²) >= 11 is 3.69. The van der Waals surface area contributed by atoms with E-state index in [1.165, 1.54) is 0 Å². The third-order valence-electron chi connectivity index (χ3n) is 3.83. The minimum atomic E-state index is 0.118. The molecule has 0 atom stereocenters. The molecule has 2 aromatic heterocycles. The fraction of sp³-hybridized carbons (Fsp3) is 0.562. The Balaban J connectivity index is 1.86. The topological polar surface area (TPSA) is 32.6 Å². The Bertz CT molecular complexity index is 643. The lowest BCUT2D eigenvalue weighted by molar-refractivity contribution is 0.0719. The highest BCUT2D eigenvalue weighted by Gasteiger charge is 2.36. The van der Waals surface area contributed by atoms with Crippen molar-refractivity contribution in [1.82, 2.24) is 19.6 Å². The largest absolute Gasteiger partial charge is 0.304 e. The molecule has 1 fully saturated rings. The molecule has 0 aliphatic carbocycles. The molecule has 0 saturated carbocycles. The number of nitrogens with one attached hydrogen (secondary N) is 1. The average Bonchev–Trinajstić information content (AvgIpc) is 2.63. The van der Waals surface area contributed by atoms with Crippen molar-refractivity contribution in [2.24, 2.45) is 0 Å². The van der Waals surface area contributed by atoms with Crippen LogP contribution in [-0.4, -0.2) is 38.5 Å². The summed E-state index contributed by atoms with van der Waals surface area (Å²) in [6.07, 6.45) is 2.04. The first-order valence-electron chi connectivity index (χ1n) is 7.39. The highest BCUT2D eigenvalue weighted by atomic mass is 79.9. The van der Waals surface area contributed by atoms with E-state index in [0.717, 1.165) is 35.6 Å². The number of hydrogen-bond donors (Lipinski definition) is 1. The second-order valence-corrected chi connectivity index (χ2v) is 8.07.